The number of nitrogens with zero attached hydrogens (tertiary/aromatic N) is 5. The molecule has 295 valence electrons. The Morgan fingerprint density at radius 1 is 0.421 bits per heavy atom. The summed E-state index contributed by atoms with van der Waals surface area (Å²) in [4.78, 5) is 23.6. The van der Waals surface area contributed by atoms with Gasteiger partial charge in [-0.3, -0.25) is 19.9 Å². The van der Waals surface area contributed by atoms with Crippen LogP contribution in [-0.4, -0.2) is 44.7 Å². The van der Waals surface area contributed by atoms with Crippen molar-refractivity contribution in [1.29, 1.82) is 0 Å². The summed E-state index contributed by atoms with van der Waals surface area (Å²) in [5, 5.41) is 0. The minimum Gasteiger partial charge on any atom is -0.528 e. The largest absolute Gasteiger partial charge is 0.528 e. The summed E-state index contributed by atoms with van der Waals surface area (Å²) in [7, 11) is 0. The Hall–Kier alpha value is -4.97. The molecule has 0 fully saturated rings. The zero-order valence-electron chi connectivity index (χ0n) is 32.8. The number of fused-ring (bicyclic) bond motifs is 2. The number of rotatable bonds is 2. The fourth-order valence-electron chi connectivity index (χ4n) is 6.98. The summed E-state index contributed by atoms with van der Waals surface area (Å²) in [6.07, 6.45) is 23.1. The Balaban J connectivity index is 0.00000549. The minimum atomic E-state index is 0. The van der Waals surface area contributed by atoms with E-state index >= 15 is 0 Å². The average Bonchev–Trinajstić information content (AvgIpc) is 3.25. The number of ether oxygens (including phenoxy) is 3. The molecule has 3 aliphatic heterocycles. The molecule has 0 spiro atoms. The molecule has 0 atom stereocenters. The standard InChI is InChI=1S/C48H52N5O3.Re/c1-2-6-10-19-37-24-26-43(51-35-37)45-22-18-23-46(53-45)44-27-25-38(36-52-44)54-30-15-7-4-5-9-17-32-56-48-34-47(55-31-16-8-3-1)39(41-20-11-13-28-49-41)33-40(48)42-21-12-14-29-50-42;/h11-14,18,20-29,34-36H,1-10,15-17,19,30-32H2;/q-1;. The van der Waals surface area contributed by atoms with E-state index in [1.807, 2.05) is 85.2 Å². The monoisotopic (exact) mass is 933 g/mol. The third-order valence-electron chi connectivity index (χ3n) is 10.1. The summed E-state index contributed by atoms with van der Waals surface area (Å²) in [5.41, 5.74) is 7.92. The molecule has 9 rings (SSSR count). The van der Waals surface area contributed by atoms with Crippen molar-refractivity contribution in [3.8, 4) is 62.5 Å². The smallest absolute Gasteiger partial charge is 0.137 e. The normalized spacial score (nSPS) is 15.2. The molecule has 5 aromatic heterocycles. The second-order valence-electron chi connectivity index (χ2n) is 14.4. The second kappa shape index (κ2) is 22.7. The van der Waals surface area contributed by atoms with Crippen LogP contribution in [0.15, 0.2) is 110 Å². The number of aryl methyl sites for hydroxylation is 1. The summed E-state index contributed by atoms with van der Waals surface area (Å²) in [6, 6.07) is 31.7. The van der Waals surface area contributed by atoms with Crippen LogP contribution in [0.1, 0.15) is 89.0 Å². The van der Waals surface area contributed by atoms with Crippen LogP contribution in [0.4, 0.5) is 0 Å². The molecule has 8 heterocycles. The van der Waals surface area contributed by atoms with E-state index in [0.29, 0.717) is 19.8 Å². The Morgan fingerprint density at radius 3 is 1.44 bits per heavy atom. The van der Waals surface area contributed by atoms with Gasteiger partial charge in [-0.05, 0) is 86.2 Å². The topological polar surface area (TPSA) is 92.1 Å². The Labute approximate surface area is 351 Å². The van der Waals surface area contributed by atoms with Crippen LogP contribution in [0.3, 0.4) is 0 Å². The van der Waals surface area contributed by atoms with E-state index in [0.717, 1.165) is 127 Å². The van der Waals surface area contributed by atoms with E-state index < -0.39 is 0 Å². The van der Waals surface area contributed by atoms with E-state index in [9.17, 15) is 0 Å². The summed E-state index contributed by atoms with van der Waals surface area (Å²) < 4.78 is 19.0. The first-order chi connectivity index (χ1) is 27.8. The van der Waals surface area contributed by atoms with Crippen LogP contribution in [0.5, 0.6) is 17.2 Å². The number of hydrogen-bond donors (Lipinski definition) is 0. The maximum atomic E-state index is 6.48. The molecule has 0 unspecified atom stereocenters. The Bertz CT molecular complexity index is 1920. The summed E-state index contributed by atoms with van der Waals surface area (Å²) in [6.45, 7) is 1.92. The average molecular weight is 933 g/mol. The fourth-order valence-corrected chi connectivity index (χ4v) is 6.98. The predicted octanol–water partition coefficient (Wildman–Crippen LogP) is 11.6. The molecular weight excluding hydrogens is 881 g/mol. The van der Waals surface area contributed by atoms with Crippen LogP contribution in [0, 0.1) is 6.07 Å². The molecule has 0 N–H and O–H groups in total. The summed E-state index contributed by atoms with van der Waals surface area (Å²) in [5.74, 6) is 2.27. The SMILES string of the molecule is [Re].[c-]1c(-c2ccccn2)c2cc(c1-c1ccccn1)OCCCCCCCCOc1ccc(nc1)-c1cccc(n1)-c1ccc(cn1)CCCCCCCCCO2. The van der Waals surface area contributed by atoms with Gasteiger partial charge in [-0.1, -0.05) is 105 Å². The molecule has 0 saturated carbocycles. The van der Waals surface area contributed by atoms with Crippen molar-refractivity contribution < 1.29 is 34.6 Å². The predicted molar refractivity (Wildman–Crippen MR) is 223 cm³/mol. The van der Waals surface area contributed by atoms with E-state index in [2.05, 4.69) is 33.2 Å². The summed E-state index contributed by atoms with van der Waals surface area (Å²) >= 11 is 0. The fraction of sp³-hybridized carbons (Fsp3) is 0.354. The maximum absolute atomic E-state index is 6.48. The van der Waals surface area contributed by atoms with Gasteiger partial charge in [0, 0.05) is 50.4 Å². The second-order valence-corrected chi connectivity index (χ2v) is 14.4. The first-order valence-electron chi connectivity index (χ1n) is 20.5. The van der Waals surface area contributed by atoms with Gasteiger partial charge in [0.1, 0.15) is 5.75 Å². The quantitative estimate of drug-likeness (QED) is 0.159. The van der Waals surface area contributed by atoms with Crippen molar-refractivity contribution in [3.63, 3.8) is 0 Å². The van der Waals surface area contributed by atoms with Gasteiger partial charge in [0.05, 0.1) is 60.3 Å². The van der Waals surface area contributed by atoms with Gasteiger partial charge in [0.2, 0.25) is 0 Å². The minimum absolute atomic E-state index is 0. The Morgan fingerprint density at radius 2 is 0.930 bits per heavy atom. The first kappa shape index (κ1) is 41.7. The number of aromatic nitrogens is 5. The van der Waals surface area contributed by atoms with E-state index in [1.54, 1.807) is 12.4 Å². The van der Waals surface area contributed by atoms with Crippen molar-refractivity contribution in [2.24, 2.45) is 0 Å². The first-order valence-corrected chi connectivity index (χ1v) is 20.5. The van der Waals surface area contributed by atoms with E-state index in [1.165, 1.54) is 31.2 Å². The van der Waals surface area contributed by atoms with Crippen LogP contribution in [-0.2, 0) is 26.8 Å². The van der Waals surface area contributed by atoms with Gasteiger partial charge in [0.15, 0.2) is 0 Å². The molecule has 6 aromatic rings. The third-order valence-corrected chi connectivity index (χ3v) is 10.1. The van der Waals surface area contributed by atoms with Crippen molar-refractivity contribution in [1.82, 2.24) is 24.9 Å². The van der Waals surface area contributed by atoms with Gasteiger partial charge < -0.3 is 14.2 Å². The zero-order chi connectivity index (χ0) is 38.0. The van der Waals surface area contributed by atoms with Gasteiger partial charge in [-0.2, -0.15) is 0 Å². The van der Waals surface area contributed by atoms with Crippen molar-refractivity contribution in [3.05, 3.63) is 121 Å². The van der Waals surface area contributed by atoms with Gasteiger partial charge in [0.25, 0.3) is 0 Å². The molecule has 1 radical (unpaired) electrons. The van der Waals surface area contributed by atoms with Crippen LogP contribution < -0.4 is 14.2 Å². The molecule has 3 aliphatic rings. The number of hydrogen-bond acceptors (Lipinski definition) is 8. The molecule has 1 aromatic carbocycles. The Kier molecular flexibility index (Phi) is 16.6. The van der Waals surface area contributed by atoms with Crippen LogP contribution in [0.25, 0.3) is 45.3 Å². The van der Waals surface area contributed by atoms with Crippen LogP contribution in [0.2, 0.25) is 0 Å². The van der Waals surface area contributed by atoms with Gasteiger partial charge in [-0.25, -0.2) is 4.98 Å². The third kappa shape index (κ3) is 12.5. The molecule has 0 aliphatic carbocycles. The molecular formula is C48H52N5O3Re-. The van der Waals surface area contributed by atoms with Crippen molar-refractivity contribution >= 4 is 0 Å². The molecule has 8 nitrogen and oxygen atoms in total. The van der Waals surface area contributed by atoms with E-state index in [4.69, 9.17) is 24.2 Å². The number of pyridine rings is 5. The molecule has 9 heteroatoms. The van der Waals surface area contributed by atoms with Crippen molar-refractivity contribution in [2.75, 3.05) is 19.8 Å². The number of benzene rings is 1. The van der Waals surface area contributed by atoms with Crippen molar-refractivity contribution in [2.45, 2.75) is 89.9 Å². The van der Waals surface area contributed by atoms with Gasteiger partial charge in [-0.15, -0.1) is 6.07 Å². The van der Waals surface area contributed by atoms with Gasteiger partial charge >= 0.3 is 0 Å². The molecule has 8 bridgehead atoms. The van der Waals surface area contributed by atoms with Crippen LogP contribution >= 0.6 is 0 Å². The zero-order valence-corrected chi connectivity index (χ0v) is 35.5. The maximum Gasteiger partial charge on any atom is 0.137 e. The van der Waals surface area contributed by atoms with E-state index in [-0.39, 0.29) is 20.4 Å². The molecule has 0 amide bonds. The molecule has 0 saturated heterocycles. The molecule has 57 heavy (non-hydrogen) atoms.